The Morgan fingerprint density at radius 3 is 2.64 bits per heavy atom. The van der Waals surface area contributed by atoms with Gasteiger partial charge in [0.25, 0.3) is 0 Å². The molecule has 9 nitrogen and oxygen atoms in total. The van der Waals surface area contributed by atoms with Crippen molar-refractivity contribution in [2.24, 2.45) is 0 Å². The van der Waals surface area contributed by atoms with Crippen molar-refractivity contribution in [1.29, 1.82) is 0 Å². The van der Waals surface area contributed by atoms with E-state index in [0.717, 1.165) is 4.90 Å². The second-order valence-corrected chi connectivity index (χ2v) is 7.32. The van der Waals surface area contributed by atoms with Crippen LogP contribution in [0.4, 0.5) is 4.79 Å². The molecule has 2 rings (SSSR count). The number of rotatable bonds is 3. The molecule has 2 aliphatic rings. The van der Waals surface area contributed by atoms with Crippen molar-refractivity contribution < 1.29 is 34.1 Å². The van der Waals surface area contributed by atoms with Gasteiger partial charge in [-0.25, -0.2) is 4.79 Å². The minimum absolute atomic E-state index is 0.335. The highest BCUT2D eigenvalue weighted by molar-refractivity contribution is 6.06. The Labute approximate surface area is 145 Å². The normalized spacial score (nSPS) is 32.9. The van der Waals surface area contributed by atoms with Crippen LogP contribution in [0.5, 0.6) is 0 Å². The summed E-state index contributed by atoms with van der Waals surface area (Å²) in [5.74, 6) is -0.874. The summed E-state index contributed by atoms with van der Waals surface area (Å²) in [6, 6.07) is 0. The van der Waals surface area contributed by atoms with E-state index in [1.54, 1.807) is 20.8 Å². The number of amides is 2. The molecule has 2 aliphatic heterocycles. The Hall–Kier alpha value is -1.97. The van der Waals surface area contributed by atoms with Crippen molar-refractivity contribution in [3.63, 3.8) is 0 Å². The molecule has 0 aromatic carbocycles. The van der Waals surface area contributed by atoms with Gasteiger partial charge >= 0.3 is 6.09 Å². The monoisotopic (exact) mass is 356 g/mol. The van der Waals surface area contributed by atoms with E-state index in [-0.39, 0.29) is 12.2 Å². The van der Waals surface area contributed by atoms with Crippen LogP contribution >= 0.6 is 0 Å². The Balaban J connectivity index is 2.29. The summed E-state index contributed by atoms with van der Waals surface area (Å²) in [4.78, 5) is 36.9. The number of carbonyl (C=O) groups excluding carboxylic acids is 3. The van der Waals surface area contributed by atoms with E-state index in [2.05, 4.69) is 5.32 Å². The van der Waals surface area contributed by atoms with Crippen LogP contribution in [0.15, 0.2) is 12.3 Å². The zero-order valence-electron chi connectivity index (χ0n) is 14.7. The maximum atomic E-state index is 12.2. The summed E-state index contributed by atoms with van der Waals surface area (Å²) in [6.45, 7) is 6.04. The molecule has 2 amide bonds. The lowest BCUT2D eigenvalue weighted by Gasteiger charge is -2.39. The highest BCUT2D eigenvalue weighted by atomic mass is 16.6. The number of aliphatic hydroxyl groups is 2. The van der Waals surface area contributed by atoms with Crippen LogP contribution in [-0.4, -0.2) is 69.1 Å². The molecule has 1 fully saturated rings. The van der Waals surface area contributed by atoms with Gasteiger partial charge in [-0.3, -0.25) is 14.5 Å². The summed E-state index contributed by atoms with van der Waals surface area (Å²) in [6.07, 6.45) is -2.08. The molecule has 0 unspecified atom stereocenters. The van der Waals surface area contributed by atoms with Crippen LogP contribution in [0.3, 0.4) is 0 Å². The van der Waals surface area contributed by atoms with Gasteiger partial charge in [0.15, 0.2) is 12.0 Å². The highest BCUT2D eigenvalue weighted by Gasteiger charge is 2.57. The smallest absolute Gasteiger partial charge is 0.408 e. The van der Waals surface area contributed by atoms with Crippen LogP contribution in [0.25, 0.3) is 0 Å². The molecule has 0 aromatic rings. The molecular formula is C16H24N2O7. The zero-order chi connectivity index (χ0) is 19.0. The molecule has 0 radical (unpaired) electrons. The Morgan fingerprint density at radius 2 is 2.12 bits per heavy atom. The fraction of sp³-hybridized carbons (Fsp3) is 0.688. The third-order valence-corrected chi connectivity index (χ3v) is 4.02. The van der Waals surface area contributed by atoms with Crippen LogP contribution in [0, 0.1) is 0 Å². The topological polar surface area (TPSA) is 125 Å². The quantitative estimate of drug-likeness (QED) is 0.591. The summed E-state index contributed by atoms with van der Waals surface area (Å²) >= 11 is 0. The molecule has 0 aromatic heterocycles. The van der Waals surface area contributed by atoms with Crippen LogP contribution < -0.4 is 5.32 Å². The molecule has 9 heteroatoms. The molecule has 3 N–H and O–H groups in total. The number of nitrogens with one attached hydrogen (secondary N) is 1. The molecule has 0 saturated carbocycles. The predicted octanol–water partition coefficient (Wildman–Crippen LogP) is -0.337. The molecule has 0 aliphatic carbocycles. The second-order valence-electron chi connectivity index (χ2n) is 7.32. The van der Waals surface area contributed by atoms with Crippen molar-refractivity contribution in [1.82, 2.24) is 10.2 Å². The lowest BCUT2D eigenvalue weighted by Crippen LogP contribution is -2.64. The number of carbonyl (C=O) groups is 3. The minimum Gasteiger partial charge on any atom is -0.444 e. The first-order valence-corrected chi connectivity index (χ1v) is 7.95. The predicted molar refractivity (Wildman–Crippen MR) is 85.1 cm³/mol. The fourth-order valence-corrected chi connectivity index (χ4v) is 2.82. The Bertz CT molecular complexity index is 598. The molecule has 25 heavy (non-hydrogen) atoms. The fourth-order valence-electron chi connectivity index (χ4n) is 2.82. The summed E-state index contributed by atoms with van der Waals surface area (Å²) in [5, 5.41) is 22.5. The number of hydrogen-bond donors (Lipinski definition) is 3. The van der Waals surface area contributed by atoms with Gasteiger partial charge in [-0.2, -0.15) is 0 Å². The van der Waals surface area contributed by atoms with E-state index in [1.165, 1.54) is 19.2 Å². The number of ketones is 1. The van der Waals surface area contributed by atoms with Gasteiger partial charge in [0.2, 0.25) is 5.91 Å². The molecule has 4 atom stereocenters. The number of aliphatic hydroxyl groups excluding tert-OH is 2. The van der Waals surface area contributed by atoms with E-state index in [1.807, 2.05) is 0 Å². The van der Waals surface area contributed by atoms with Gasteiger partial charge in [0, 0.05) is 6.20 Å². The van der Waals surface area contributed by atoms with Crippen LogP contribution in [0.2, 0.25) is 0 Å². The highest BCUT2D eigenvalue weighted by Crippen LogP contribution is 2.34. The first-order valence-electron chi connectivity index (χ1n) is 7.95. The lowest BCUT2D eigenvalue weighted by atomic mass is 9.91. The lowest BCUT2D eigenvalue weighted by molar-refractivity contribution is -0.147. The van der Waals surface area contributed by atoms with Gasteiger partial charge in [-0.05, 0) is 33.8 Å². The molecule has 0 bridgehead atoms. The number of hydrogen-bond acceptors (Lipinski definition) is 7. The van der Waals surface area contributed by atoms with E-state index < -0.39 is 48.2 Å². The average Bonchev–Trinajstić information content (AvgIpc) is 2.69. The Kier molecular flexibility index (Phi) is 5.22. The van der Waals surface area contributed by atoms with Crippen molar-refractivity contribution >= 4 is 17.8 Å². The van der Waals surface area contributed by atoms with Crippen molar-refractivity contribution in [3.8, 4) is 0 Å². The zero-order valence-corrected chi connectivity index (χ0v) is 14.7. The number of nitrogens with zero attached hydrogens (tertiary/aromatic N) is 1. The SMILES string of the molecule is CC(C)(C)OC(=O)N[C@]1(C)[C@H](O)[C@@H](CO)O[C@H]1N1C=CC(=O)CC1=O. The largest absolute Gasteiger partial charge is 0.444 e. The maximum Gasteiger partial charge on any atom is 0.408 e. The van der Waals surface area contributed by atoms with Gasteiger partial charge in [0.1, 0.15) is 23.3 Å². The second kappa shape index (κ2) is 6.74. The van der Waals surface area contributed by atoms with E-state index in [4.69, 9.17) is 9.47 Å². The molecule has 1 saturated heterocycles. The van der Waals surface area contributed by atoms with Gasteiger partial charge in [-0.15, -0.1) is 0 Å². The number of ether oxygens (including phenoxy) is 2. The van der Waals surface area contributed by atoms with E-state index in [9.17, 15) is 24.6 Å². The average molecular weight is 356 g/mol. The molecule has 2 heterocycles. The minimum atomic E-state index is -1.45. The van der Waals surface area contributed by atoms with Gasteiger partial charge in [-0.1, -0.05) is 0 Å². The molecule has 140 valence electrons. The number of alkyl carbamates (subject to hydrolysis) is 1. The third kappa shape index (κ3) is 4.00. The van der Waals surface area contributed by atoms with E-state index >= 15 is 0 Å². The summed E-state index contributed by atoms with van der Waals surface area (Å²) in [7, 11) is 0. The first kappa shape index (κ1) is 19.4. The van der Waals surface area contributed by atoms with Crippen molar-refractivity contribution in [2.75, 3.05) is 6.61 Å². The summed E-state index contributed by atoms with van der Waals surface area (Å²) < 4.78 is 10.8. The maximum absolute atomic E-state index is 12.2. The van der Waals surface area contributed by atoms with Crippen molar-refractivity contribution in [3.05, 3.63) is 12.3 Å². The number of allylic oxidation sites excluding steroid dienone is 1. The van der Waals surface area contributed by atoms with Gasteiger partial charge < -0.3 is 25.0 Å². The van der Waals surface area contributed by atoms with E-state index in [0.29, 0.717) is 0 Å². The molecule has 0 spiro atoms. The van der Waals surface area contributed by atoms with Crippen LogP contribution in [-0.2, 0) is 19.1 Å². The summed E-state index contributed by atoms with van der Waals surface area (Å²) in [5.41, 5.74) is -2.21. The standard InChI is InChI=1S/C16H24N2O7/c1-15(2,3)25-14(23)17-16(4)12(22)10(8-19)24-13(16)18-6-5-9(20)7-11(18)21/h5-6,10,12-13,19,22H,7-8H2,1-4H3,(H,17,23)/t10-,12-,13-,16-/m1/s1. The van der Waals surface area contributed by atoms with Gasteiger partial charge in [0.05, 0.1) is 13.0 Å². The third-order valence-electron chi connectivity index (χ3n) is 4.02. The van der Waals surface area contributed by atoms with Crippen molar-refractivity contribution in [2.45, 2.75) is 63.7 Å². The van der Waals surface area contributed by atoms with Crippen LogP contribution in [0.1, 0.15) is 34.1 Å². The first-order chi connectivity index (χ1) is 11.5. The molecular weight excluding hydrogens is 332 g/mol. The Morgan fingerprint density at radius 1 is 1.48 bits per heavy atom.